The number of fused-ring (bicyclic) bond motifs is 1. The predicted molar refractivity (Wildman–Crippen MR) is 58.1 cm³/mol. The van der Waals surface area contributed by atoms with Gasteiger partial charge in [0.05, 0.1) is 6.61 Å². The van der Waals surface area contributed by atoms with Crippen LogP contribution in [0.3, 0.4) is 0 Å². The van der Waals surface area contributed by atoms with Gasteiger partial charge in [0.1, 0.15) is 6.54 Å². The number of methoxy groups -OCH3 is 1. The quantitative estimate of drug-likeness (QED) is 0.834. The average Bonchev–Trinajstić information content (AvgIpc) is 2.51. The summed E-state index contributed by atoms with van der Waals surface area (Å²) >= 11 is 3.49. The maximum Gasteiger partial charge on any atom is 0.324 e. The van der Waals surface area contributed by atoms with E-state index in [2.05, 4.69) is 37.6 Å². The second-order valence-electron chi connectivity index (χ2n) is 3.08. The minimum absolute atomic E-state index is 0.713. The van der Waals surface area contributed by atoms with Crippen LogP contribution >= 0.6 is 15.9 Å². The lowest BCUT2D eigenvalue weighted by Gasteiger charge is -1.97. The van der Waals surface area contributed by atoms with E-state index in [1.54, 1.807) is 7.11 Å². The molecule has 0 radical (unpaired) electrons. The molecule has 0 saturated heterocycles. The van der Waals surface area contributed by atoms with E-state index in [0.29, 0.717) is 6.61 Å². The molecule has 74 valence electrons. The number of rotatable bonds is 3. The molecule has 0 aliphatic heterocycles. The number of aromatic amines is 1. The molecule has 0 unspecified atom stereocenters. The van der Waals surface area contributed by atoms with Gasteiger partial charge in [0.25, 0.3) is 0 Å². The van der Waals surface area contributed by atoms with Gasteiger partial charge in [-0.15, -0.1) is 0 Å². The Morgan fingerprint density at radius 2 is 2.21 bits per heavy atom. The van der Waals surface area contributed by atoms with Crippen LogP contribution in [0.25, 0.3) is 11.0 Å². The number of nitrogens with one attached hydrogen (secondary N) is 1. The first-order chi connectivity index (χ1) is 6.83. The van der Waals surface area contributed by atoms with Crippen molar-refractivity contribution in [2.24, 2.45) is 0 Å². The predicted octanol–water partition coefficient (Wildman–Crippen LogP) is 1.86. The SMILES string of the molecule is COCC[n+]1c(Br)[nH]c2ccccc21. The molecular weight excluding hydrogens is 244 g/mol. The molecule has 0 aliphatic rings. The molecular formula is C10H12BrN2O+. The standard InChI is InChI=1S/C10H11BrN2O/c1-14-7-6-13-9-5-3-2-4-8(9)12-10(13)11/h2-5H,6-7H2,1H3/p+1. The third-order valence-corrected chi connectivity index (χ3v) is 2.81. The first-order valence-corrected chi connectivity index (χ1v) is 5.27. The van der Waals surface area contributed by atoms with Crippen molar-refractivity contribution in [1.82, 2.24) is 4.98 Å². The molecule has 1 heterocycles. The fourth-order valence-corrected chi connectivity index (χ4v) is 2.08. The maximum absolute atomic E-state index is 5.06. The molecule has 0 saturated carbocycles. The number of ether oxygens (including phenoxy) is 1. The zero-order chi connectivity index (χ0) is 9.97. The highest BCUT2D eigenvalue weighted by Crippen LogP contribution is 2.12. The summed E-state index contributed by atoms with van der Waals surface area (Å²) in [5, 5.41) is 0. The van der Waals surface area contributed by atoms with Gasteiger partial charge in [0, 0.05) is 23.0 Å². The maximum atomic E-state index is 5.06. The normalized spacial score (nSPS) is 11.0. The number of benzene rings is 1. The first kappa shape index (κ1) is 9.68. The largest absolute Gasteiger partial charge is 0.381 e. The minimum atomic E-state index is 0.713. The Morgan fingerprint density at radius 3 is 3.00 bits per heavy atom. The molecule has 2 aromatic rings. The number of H-pyrrole nitrogens is 1. The third-order valence-electron chi connectivity index (χ3n) is 2.19. The number of aromatic nitrogens is 2. The lowest BCUT2D eigenvalue weighted by molar-refractivity contribution is -0.683. The van der Waals surface area contributed by atoms with Crippen molar-refractivity contribution in [3.05, 3.63) is 29.0 Å². The van der Waals surface area contributed by atoms with Crippen LogP contribution in [0.2, 0.25) is 0 Å². The highest BCUT2D eigenvalue weighted by Gasteiger charge is 2.14. The Kier molecular flexibility index (Phi) is 2.84. The van der Waals surface area contributed by atoms with Crippen LogP contribution in [-0.2, 0) is 11.3 Å². The van der Waals surface area contributed by atoms with Crippen LogP contribution in [0.5, 0.6) is 0 Å². The van der Waals surface area contributed by atoms with Gasteiger partial charge in [-0.3, -0.25) is 0 Å². The Morgan fingerprint density at radius 1 is 1.43 bits per heavy atom. The highest BCUT2D eigenvalue weighted by molar-refractivity contribution is 9.10. The molecule has 14 heavy (non-hydrogen) atoms. The van der Waals surface area contributed by atoms with E-state index in [4.69, 9.17) is 4.74 Å². The van der Waals surface area contributed by atoms with Crippen molar-refractivity contribution < 1.29 is 9.30 Å². The molecule has 4 heteroatoms. The number of hydrogen-bond acceptors (Lipinski definition) is 1. The van der Waals surface area contributed by atoms with E-state index in [9.17, 15) is 0 Å². The smallest absolute Gasteiger partial charge is 0.324 e. The molecule has 0 atom stereocenters. The van der Waals surface area contributed by atoms with E-state index in [1.165, 1.54) is 5.52 Å². The molecule has 2 rings (SSSR count). The Hall–Kier alpha value is -0.870. The molecule has 0 amide bonds. The van der Waals surface area contributed by atoms with Crippen molar-refractivity contribution in [2.75, 3.05) is 13.7 Å². The average molecular weight is 256 g/mol. The van der Waals surface area contributed by atoms with Gasteiger partial charge in [-0.05, 0) is 12.1 Å². The zero-order valence-corrected chi connectivity index (χ0v) is 9.54. The van der Waals surface area contributed by atoms with Gasteiger partial charge in [-0.2, -0.15) is 0 Å². The van der Waals surface area contributed by atoms with Gasteiger partial charge in [-0.25, -0.2) is 9.55 Å². The minimum Gasteiger partial charge on any atom is -0.381 e. The first-order valence-electron chi connectivity index (χ1n) is 4.48. The van der Waals surface area contributed by atoms with Crippen LogP contribution in [0.4, 0.5) is 0 Å². The lowest BCUT2D eigenvalue weighted by atomic mass is 10.3. The summed E-state index contributed by atoms with van der Waals surface area (Å²) in [6.45, 7) is 1.56. The molecule has 0 fully saturated rings. The van der Waals surface area contributed by atoms with Crippen molar-refractivity contribution in [1.29, 1.82) is 0 Å². The lowest BCUT2D eigenvalue weighted by Crippen LogP contribution is -2.36. The number of para-hydroxylation sites is 2. The number of nitrogens with zero attached hydrogens (tertiary/aromatic N) is 1. The topological polar surface area (TPSA) is 28.9 Å². The summed E-state index contributed by atoms with van der Waals surface area (Å²) in [7, 11) is 1.71. The summed E-state index contributed by atoms with van der Waals surface area (Å²) in [6.07, 6.45) is 0. The zero-order valence-electron chi connectivity index (χ0n) is 7.96. The Balaban J connectivity index is 2.45. The van der Waals surface area contributed by atoms with Crippen molar-refractivity contribution >= 4 is 27.0 Å². The molecule has 1 aromatic carbocycles. The molecule has 0 aliphatic carbocycles. The second kappa shape index (κ2) is 4.11. The fourth-order valence-electron chi connectivity index (χ4n) is 1.50. The van der Waals surface area contributed by atoms with Crippen molar-refractivity contribution in [3.8, 4) is 0 Å². The van der Waals surface area contributed by atoms with Crippen LogP contribution in [0.15, 0.2) is 29.0 Å². The second-order valence-corrected chi connectivity index (χ2v) is 3.83. The van der Waals surface area contributed by atoms with Gasteiger partial charge in [-0.1, -0.05) is 12.1 Å². The summed E-state index contributed by atoms with van der Waals surface area (Å²) in [5.74, 6) is 0. The summed E-state index contributed by atoms with van der Waals surface area (Å²) in [5.41, 5.74) is 2.33. The van der Waals surface area contributed by atoms with Crippen LogP contribution < -0.4 is 4.57 Å². The monoisotopic (exact) mass is 255 g/mol. The van der Waals surface area contributed by atoms with E-state index >= 15 is 0 Å². The fraction of sp³-hybridized carbons (Fsp3) is 0.300. The van der Waals surface area contributed by atoms with Gasteiger partial charge >= 0.3 is 4.73 Å². The number of hydrogen-bond donors (Lipinski definition) is 1. The molecule has 0 spiro atoms. The van der Waals surface area contributed by atoms with Crippen molar-refractivity contribution in [3.63, 3.8) is 0 Å². The number of imidazole rings is 1. The van der Waals surface area contributed by atoms with Gasteiger partial charge in [0.2, 0.25) is 0 Å². The van der Waals surface area contributed by atoms with Crippen LogP contribution in [0.1, 0.15) is 0 Å². The van der Waals surface area contributed by atoms with E-state index in [-0.39, 0.29) is 0 Å². The number of halogens is 1. The molecule has 3 nitrogen and oxygen atoms in total. The summed E-state index contributed by atoms with van der Waals surface area (Å²) in [6, 6.07) is 8.20. The van der Waals surface area contributed by atoms with E-state index in [0.717, 1.165) is 16.8 Å². The third kappa shape index (κ3) is 1.67. The molecule has 0 bridgehead atoms. The van der Waals surface area contributed by atoms with Crippen molar-refractivity contribution in [2.45, 2.75) is 6.54 Å². The van der Waals surface area contributed by atoms with Crippen LogP contribution in [-0.4, -0.2) is 18.7 Å². The summed E-state index contributed by atoms with van der Waals surface area (Å²) in [4.78, 5) is 3.26. The van der Waals surface area contributed by atoms with Gasteiger partial charge in [0.15, 0.2) is 11.0 Å². The highest BCUT2D eigenvalue weighted by atomic mass is 79.9. The van der Waals surface area contributed by atoms with Crippen LogP contribution in [0, 0.1) is 0 Å². The Labute approximate surface area is 90.8 Å². The molecule has 1 N–H and O–H groups in total. The molecule has 1 aromatic heterocycles. The van der Waals surface area contributed by atoms with Gasteiger partial charge < -0.3 is 4.74 Å². The summed E-state index contributed by atoms with van der Waals surface area (Å²) < 4.78 is 8.20. The Bertz CT molecular complexity index is 439. The van der Waals surface area contributed by atoms with E-state index in [1.807, 2.05) is 12.1 Å². The van der Waals surface area contributed by atoms with E-state index < -0.39 is 0 Å².